The summed E-state index contributed by atoms with van der Waals surface area (Å²) in [6, 6.07) is 0. The molecule has 0 aromatic carbocycles. The SMILES string of the molecule is Cc1c(CCO)sc[n+]1CCCCCCCCCCCCC(=N)N1CCCC1. The van der Waals surface area contributed by atoms with E-state index < -0.39 is 0 Å². The van der Waals surface area contributed by atoms with Crippen molar-refractivity contribution in [2.45, 2.75) is 103 Å². The highest BCUT2D eigenvalue weighted by molar-refractivity contribution is 7.09. The number of nitrogens with zero attached hydrogens (tertiary/aromatic N) is 2. The lowest BCUT2D eigenvalue weighted by molar-refractivity contribution is -0.698. The van der Waals surface area contributed by atoms with Gasteiger partial charge in [0.25, 0.3) is 0 Å². The Bertz CT molecular complexity index is 552. The van der Waals surface area contributed by atoms with E-state index in [2.05, 4.69) is 21.9 Å². The van der Waals surface area contributed by atoms with E-state index in [1.807, 2.05) is 0 Å². The highest BCUT2D eigenvalue weighted by atomic mass is 32.1. The molecule has 1 saturated heterocycles. The summed E-state index contributed by atoms with van der Waals surface area (Å²) in [5.41, 5.74) is 3.56. The van der Waals surface area contributed by atoms with Crippen molar-refractivity contribution in [1.29, 1.82) is 5.41 Å². The van der Waals surface area contributed by atoms with E-state index in [9.17, 15) is 0 Å². The number of hydrogen-bond donors (Lipinski definition) is 2. The Morgan fingerprint density at radius 3 is 2.18 bits per heavy atom. The summed E-state index contributed by atoms with van der Waals surface area (Å²) in [6.07, 6.45) is 17.7. The van der Waals surface area contributed by atoms with Crippen LogP contribution < -0.4 is 4.57 Å². The van der Waals surface area contributed by atoms with E-state index in [1.54, 1.807) is 11.3 Å². The monoisotopic (exact) mass is 408 g/mol. The Balaban J connectivity index is 1.35. The maximum Gasteiger partial charge on any atom is 0.225 e. The molecule has 28 heavy (non-hydrogen) atoms. The summed E-state index contributed by atoms with van der Waals surface area (Å²) in [4.78, 5) is 3.60. The van der Waals surface area contributed by atoms with Gasteiger partial charge in [0, 0.05) is 45.9 Å². The maximum absolute atomic E-state index is 9.08. The molecule has 2 N–H and O–H groups in total. The minimum atomic E-state index is 0.254. The minimum Gasteiger partial charge on any atom is -0.396 e. The summed E-state index contributed by atoms with van der Waals surface area (Å²) >= 11 is 1.78. The average Bonchev–Trinajstić information content (AvgIpc) is 3.34. The molecule has 0 amide bonds. The molecule has 160 valence electrons. The molecule has 0 spiro atoms. The molecular formula is C23H42N3OS+. The molecule has 1 aliphatic heterocycles. The number of nitrogens with one attached hydrogen (secondary N) is 1. The molecule has 1 aromatic rings. The third kappa shape index (κ3) is 8.60. The van der Waals surface area contributed by atoms with E-state index in [-0.39, 0.29) is 6.61 Å². The third-order valence-electron chi connectivity index (χ3n) is 6.05. The van der Waals surface area contributed by atoms with Crippen molar-refractivity contribution in [3.63, 3.8) is 0 Å². The Hall–Kier alpha value is -0.940. The first-order chi connectivity index (χ1) is 13.7. The van der Waals surface area contributed by atoms with E-state index in [0.717, 1.165) is 38.3 Å². The minimum absolute atomic E-state index is 0.254. The van der Waals surface area contributed by atoms with Crippen LogP contribution in [-0.4, -0.2) is 35.5 Å². The predicted molar refractivity (Wildman–Crippen MR) is 119 cm³/mol. The maximum atomic E-state index is 9.08. The molecule has 5 heteroatoms. The summed E-state index contributed by atoms with van der Waals surface area (Å²) in [5.74, 6) is 0.887. The molecule has 0 atom stereocenters. The normalized spacial score (nSPS) is 14.1. The predicted octanol–water partition coefficient (Wildman–Crippen LogP) is 5.24. The molecule has 2 heterocycles. The lowest BCUT2D eigenvalue weighted by Crippen LogP contribution is -2.34. The van der Waals surface area contributed by atoms with Crippen LogP contribution in [0.25, 0.3) is 0 Å². The van der Waals surface area contributed by atoms with Gasteiger partial charge in [0.15, 0.2) is 5.69 Å². The smallest absolute Gasteiger partial charge is 0.225 e. The Labute approximate surface area is 176 Å². The molecule has 4 nitrogen and oxygen atoms in total. The summed E-state index contributed by atoms with van der Waals surface area (Å²) in [6.45, 7) is 5.80. The van der Waals surface area contributed by atoms with Crippen molar-refractivity contribution in [2.75, 3.05) is 19.7 Å². The lowest BCUT2D eigenvalue weighted by Gasteiger charge is -2.18. The van der Waals surface area contributed by atoms with E-state index in [1.165, 1.54) is 87.6 Å². The van der Waals surface area contributed by atoms with Gasteiger partial charge in [-0.25, -0.2) is 0 Å². The Morgan fingerprint density at radius 2 is 1.57 bits per heavy atom. The number of aromatic nitrogens is 1. The Morgan fingerprint density at radius 1 is 1.00 bits per heavy atom. The lowest BCUT2D eigenvalue weighted by atomic mass is 10.1. The molecular weight excluding hydrogens is 366 g/mol. The highest BCUT2D eigenvalue weighted by Gasteiger charge is 2.14. The second-order valence-corrected chi connectivity index (χ2v) is 9.26. The zero-order valence-corrected chi connectivity index (χ0v) is 18.9. The van der Waals surface area contributed by atoms with Gasteiger partial charge in [-0.15, -0.1) is 0 Å². The van der Waals surface area contributed by atoms with Crippen molar-refractivity contribution in [1.82, 2.24) is 4.90 Å². The van der Waals surface area contributed by atoms with E-state index in [4.69, 9.17) is 10.5 Å². The van der Waals surface area contributed by atoms with Crippen LogP contribution in [0.4, 0.5) is 0 Å². The zero-order chi connectivity index (χ0) is 20.0. The third-order valence-corrected chi connectivity index (χ3v) is 7.19. The quantitative estimate of drug-likeness (QED) is 0.180. The fourth-order valence-corrected chi connectivity index (χ4v) is 5.16. The number of amidine groups is 1. The molecule has 1 aromatic heterocycles. The topological polar surface area (TPSA) is 51.2 Å². The summed E-state index contributed by atoms with van der Waals surface area (Å²) < 4.78 is 2.36. The average molecular weight is 409 g/mol. The van der Waals surface area contributed by atoms with Gasteiger partial charge in [0.05, 0.1) is 10.7 Å². The molecule has 0 aliphatic carbocycles. The summed E-state index contributed by atoms with van der Waals surface area (Å²) in [7, 11) is 0. The number of unbranched alkanes of at least 4 members (excludes halogenated alkanes) is 9. The van der Waals surface area contributed by atoms with Crippen molar-refractivity contribution >= 4 is 17.2 Å². The molecule has 0 radical (unpaired) electrons. The molecule has 2 rings (SSSR count). The van der Waals surface area contributed by atoms with Crippen molar-refractivity contribution < 1.29 is 9.67 Å². The van der Waals surface area contributed by atoms with Crippen molar-refractivity contribution in [3.05, 3.63) is 16.1 Å². The first kappa shape index (κ1) is 23.3. The fourth-order valence-electron chi connectivity index (χ4n) is 4.15. The van der Waals surface area contributed by atoms with Crippen LogP contribution in [0.3, 0.4) is 0 Å². The number of rotatable bonds is 15. The van der Waals surface area contributed by atoms with Crippen molar-refractivity contribution in [3.8, 4) is 0 Å². The molecule has 1 aliphatic rings. The summed E-state index contributed by atoms with van der Waals surface area (Å²) in [5, 5.41) is 17.2. The number of likely N-dealkylation sites (tertiary alicyclic amines) is 1. The second-order valence-electron chi connectivity index (χ2n) is 8.33. The second kappa shape index (κ2) is 14.1. The van der Waals surface area contributed by atoms with Gasteiger partial charge >= 0.3 is 0 Å². The van der Waals surface area contributed by atoms with Crippen LogP contribution in [0, 0.1) is 12.3 Å². The van der Waals surface area contributed by atoms with Crippen LogP contribution in [0.5, 0.6) is 0 Å². The molecule has 0 saturated carbocycles. The molecule has 0 bridgehead atoms. The van der Waals surface area contributed by atoms with Gasteiger partial charge in [-0.05, 0) is 25.7 Å². The number of aryl methyl sites for hydroxylation is 1. The largest absolute Gasteiger partial charge is 0.396 e. The van der Waals surface area contributed by atoms with Gasteiger partial charge in [0.1, 0.15) is 6.54 Å². The number of aliphatic hydroxyl groups is 1. The standard InChI is InChI=1S/C23H42N3OS/c1-21-22(15-19-27)28-20-26(21)18-11-9-7-5-3-2-4-6-8-10-14-23(24)25-16-12-13-17-25/h20,24,27H,2-19H2,1H3/q+1. The first-order valence-electron chi connectivity index (χ1n) is 11.6. The van der Waals surface area contributed by atoms with Gasteiger partial charge in [-0.1, -0.05) is 56.3 Å². The van der Waals surface area contributed by atoms with Gasteiger partial charge < -0.3 is 10.0 Å². The van der Waals surface area contributed by atoms with Crippen molar-refractivity contribution in [2.24, 2.45) is 0 Å². The fraction of sp³-hybridized carbons (Fsp3) is 0.826. The van der Waals surface area contributed by atoms with Gasteiger partial charge in [0.2, 0.25) is 5.51 Å². The molecule has 0 unspecified atom stereocenters. The highest BCUT2D eigenvalue weighted by Crippen LogP contribution is 2.15. The number of hydrogen-bond acceptors (Lipinski definition) is 3. The van der Waals surface area contributed by atoms with Crippen LogP contribution in [0.2, 0.25) is 0 Å². The van der Waals surface area contributed by atoms with Crippen LogP contribution >= 0.6 is 11.3 Å². The molecule has 1 fully saturated rings. The Kier molecular flexibility index (Phi) is 11.8. The number of aliphatic hydroxyl groups excluding tert-OH is 1. The van der Waals surface area contributed by atoms with Crippen LogP contribution in [0.1, 0.15) is 94.0 Å². The van der Waals surface area contributed by atoms with Crippen LogP contribution in [-0.2, 0) is 13.0 Å². The van der Waals surface area contributed by atoms with E-state index >= 15 is 0 Å². The van der Waals surface area contributed by atoms with E-state index in [0.29, 0.717) is 0 Å². The number of thiazole rings is 1. The van der Waals surface area contributed by atoms with Gasteiger partial charge in [-0.3, -0.25) is 5.41 Å². The first-order valence-corrected chi connectivity index (χ1v) is 12.5. The van der Waals surface area contributed by atoms with Crippen LogP contribution in [0.15, 0.2) is 5.51 Å². The zero-order valence-electron chi connectivity index (χ0n) is 18.1. The van der Waals surface area contributed by atoms with Gasteiger partial charge in [-0.2, -0.15) is 4.57 Å².